The number of fused-ring (bicyclic) bond motifs is 1. The van der Waals surface area contributed by atoms with Crippen molar-refractivity contribution in [1.29, 1.82) is 0 Å². The molecule has 0 saturated carbocycles. The maximum atomic E-state index is 12.6. The summed E-state index contributed by atoms with van der Waals surface area (Å²) in [4.78, 5) is 26.5. The third-order valence-corrected chi connectivity index (χ3v) is 5.23. The first-order valence-corrected chi connectivity index (χ1v) is 8.58. The predicted molar refractivity (Wildman–Crippen MR) is 89.6 cm³/mol. The first kappa shape index (κ1) is 15.7. The molecule has 1 aliphatic rings. The predicted octanol–water partition coefficient (Wildman–Crippen LogP) is 3.40. The second-order valence-electron chi connectivity index (χ2n) is 5.84. The van der Waals surface area contributed by atoms with E-state index in [1.54, 1.807) is 11.3 Å². The molecule has 1 aromatic carbocycles. The summed E-state index contributed by atoms with van der Waals surface area (Å²) in [6.45, 7) is 2.68. The summed E-state index contributed by atoms with van der Waals surface area (Å²) in [5.41, 5.74) is 3.44. The van der Waals surface area contributed by atoms with Crippen LogP contribution in [0.1, 0.15) is 40.5 Å². The van der Waals surface area contributed by atoms with Crippen LogP contribution in [0.15, 0.2) is 35.7 Å². The van der Waals surface area contributed by atoms with Crippen LogP contribution in [0.5, 0.6) is 0 Å². The Hall–Kier alpha value is -2.14. The van der Waals surface area contributed by atoms with Crippen LogP contribution in [0, 0.1) is 6.92 Å². The standard InChI is InChI=1S/C18H19NO3S/c1-12-2-4-13(5-3-12)18-14-9-11-23-15(14)8-10-19(18)16(20)6-7-17(21)22/h2-5,9,11,18H,6-8,10H2,1H3,(H,21,22). The summed E-state index contributed by atoms with van der Waals surface area (Å²) in [5.74, 6) is -1.02. The van der Waals surface area contributed by atoms with E-state index in [9.17, 15) is 9.59 Å². The molecule has 0 spiro atoms. The molecule has 0 radical (unpaired) electrons. The molecule has 1 aromatic heterocycles. The van der Waals surface area contributed by atoms with Crippen molar-refractivity contribution in [3.63, 3.8) is 0 Å². The Balaban J connectivity index is 1.93. The van der Waals surface area contributed by atoms with Crippen LogP contribution in [-0.4, -0.2) is 28.4 Å². The van der Waals surface area contributed by atoms with Crippen LogP contribution in [0.2, 0.25) is 0 Å². The zero-order chi connectivity index (χ0) is 16.4. The Morgan fingerprint density at radius 3 is 2.65 bits per heavy atom. The first-order valence-electron chi connectivity index (χ1n) is 7.70. The number of hydrogen-bond acceptors (Lipinski definition) is 3. The Morgan fingerprint density at radius 1 is 1.22 bits per heavy atom. The molecule has 3 rings (SSSR count). The molecular weight excluding hydrogens is 310 g/mol. The van der Waals surface area contributed by atoms with E-state index in [1.807, 2.05) is 11.8 Å². The van der Waals surface area contributed by atoms with Crippen molar-refractivity contribution in [1.82, 2.24) is 4.90 Å². The fourth-order valence-corrected chi connectivity index (χ4v) is 3.95. The van der Waals surface area contributed by atoms with Gasteiger partial charge in [0.25, 0.3) is 0 Å². The number of thiophene rings is 1. The van der Waals surface area contributed by atoms with Crippen molar-refractivity contribution in [2.24, 2.45) is 0 Å². The Bertz CT molecular complexity index is 720. The van der Waals surface area contributed by atoms with Gasteiger partial charge in [-0.1, -0.05) is 29.8 Å². The molecule has 1 N–H and O–H groups in total. The summed E-state index contributed by atoms with van der Waals surface area (Å²) in [7, 11) is 0. The minimum Gasteiger partial charge on any atom is -0.481 e. The van der Waals surface area contributed by atoms with Gasteiger partial charge in [0.1, 0.15) is 0 Å². The molecule has 23 heavy (non-hydrogen) atoms. The van der Waals surface area contributed by atoms with Crippen LogP contribution in [0.4, 0.5) is 0 Å². The third-order valence-electron chi connectivity index (χ3n) is 4.23. The minimum atomic E-state index is -0.932. The molecule has 1 amide bonds. The molecule has 120 valence electrons. The lowest BCUT2D eigenvalue weighted by atomic mass is 9.92. The highest BCUT2D eigenvalue weighted by Crippen LogP contribution is 2.38. The van der Waals surface area contributed by atoms with Crippen molar-refractivity contribution in [2.75, 3.05) is 6.54 Å². The van der Waals surface area contributed by atoms with Crippen molar-refractivity contribution in [3.05, 3.63) is 57.3 Å². The maximum Gasteiger partial charge on any atom is 0.303 e. The second kappa shape index (κ2) is 6.54. The molecule has 0 aliphatic carbocycles. The van der Waals surface area contributed by atoms with E-state index in [0.29, 0.717) is 6.54 Å². The topological polar surface area (TPSA) is 57.6 Å². The van der Waals surface area contributed by atoms with E-state index < -0.39 is 5.97 Å². The summed E-state index contributed by atoms with van der Waals surface area (Å²) >= 11 is 1.73. The van der Waals surface area contributed by atoms with Crippen LogP contribution in [0.3, 0.4) is 0 Å². The van der Waals surface area contributed by atoms with Gasteiger partial charge in [0.15, 0.2) is 0 Å². The number of carbonyl (C=O) groups excluding carboxylic acids is 1. The number of aryl methyl sites for hydroxylation is 1. The van der Waals surface area contributed by atoms with Crippen molar-refractivity contribution in [3.8, 4) is 0 Å². The third kappa shape index (κ3) is 3.29. The summed E-state index contributed by atoms with van der Waals surface area (Å²) in [6.07, 6.45) is 0.776. The van der Waals surface area contributed by atoms with Crippen LogP contribution >= 0.6 is 11.3 Å². The normalized spacial score (nSPS) is 16.9. The Labute approximate surface area is 139 Å². The summed E-state index contributed by atoms with van der Waals surface area (Å²) in [6, 6.07) is 10.2. The van der Waals surface area contributed by atoms with Gasteiger partial charge in [0.05, 0.1) is 12.5 Å². The van der Waals surface area contributed by atoms with E-state index in [2.05, 4.69) is 35.7 Å². The van der Waals surface area contributed by atoms with Gasteiger partial charge in [-0.25, -0.2) is 0 Å². The van der Waals surface area contributed by atoms with Crippen molar-refractivity contribution in [2.45, 2.75) is 32.2 Å². The van der Waals surface area contributed by atoms with E-state index in [1.165, 1.54) is 16.0 Å². The lowest BCUT2D eigenvalue weighted by Gasteiger charge is -2.36. The number of rotatable bonds is 4. The quantitative estimate of drug-likeness (QED) is 0.935. The molecule has 1 aliphatic heterocycles. The number of benzene rings is 1. The van der Waals surface area contributed by atoms with E-state index in [4.69, 9.17) is 5.11 Å². The van der Waals surface area contributed by atoms with Gasteiger partial charge in [-0.3, -0.25) is 9.59 Å². The number of carboxylic acid groups (broad SMARTS) is 1. The second-order valence-corrected chi connectivity index (χ2v) is 6.84. The van der Waals surface area contributed by atoms with Gasteiger partial charge in [-0.2, -0.15) is 0 Å². The Morgan fingerprint density at radius 2 is 1.96 bits per heavy atom. The summed E-state index contributed by atoms with van der Waals surface area (Å²) < 4.78 is 0. The van der Waals surface area contributed by atoms with Gasteiger partial charge < -0.3 is 10.0 Å². The van der Waals surface area contributed by atoms with Crippen molar-refractivity contribution >= 4 is 23.2 Å². The molecule has 4 nitrogen and oxygen atoms in total. The first-order chi connectivity index (χ1) is 11.1. The lowest BCUT2D eigenvalue weighted by Crippen LogP contribution is -2.40. The average molecular weight is 329 g/mol. The minimum absolute atomic E-state index is 0.0527. The molecule has 1 unspecified atom stereocenters. The van der Waals surface area contributed by atoms with E-state index in [0.717, 1.165) is 12.0 Å². The molecule has 0 saturated heterocycles. The Kier molecular flexibility index (Phi) is 4.48. The average Bonchev–Trinajstić information content (AvgIpc) is 3.01. The molecule has 2 aromatic rings. The smallest absolute Gasteiger partial charge is 0.303 e. The van der Waals surface area contributed by atoms with Crippen LogP contribution < -0.4 is 0 Å². The van der Waals surface area contributed by atoms with Crippen LogP contribution in [-0.2, 0) is 16.0 Å². The molecular formula is C18H19NO3S. The maximum absolute atomic E-state index is 12.6. The molecule has 0 bridgehead atoms. The lowest BCUT2D eigenvalue weighted by molar-refractivity contribution is -0.141. The highest BCUT2D eigenvalue weighted by Gasteiger charge is 2.32. The summed E-state index contributed by atoms with van der Waals surface area (Å²) in [5, 5.41) is 10.9. The molecule has 1 atom stereocenters. The van der Waals surface area contributed by atoms with Gasteiger partial charge in [0.2, 0.25) is 5.91 Å². The number of nitrogens with zero attached hydrogens (tertiary/aromatic N) is 1. The van der Waals surface area contributed by atoms with E-state index >= 15 is 0 Å². The van der Waals surface area contributed by atoms with E-state index in [-0.39, 0.29) is 24.8 Å². The highest BCUT2D eigenvalue weighted by molar-refractivity contribution is 7.10. The number of hydrogen-bond donors (Lipinski definition) is 1. The number of carboxylic acids is 1. The number of aliphatic carboxylic acids is 1. The number of amides is 1. The molecule has 5 heteroatoms. The fourth-order valence-electron chi connectivity index (χ4n) is 3.05. The van der Waals surface area contributed by atoms with Gasteiger partial charge in [0, 0.05) is 17.8 Å². The van der Waals surface area contributed by atoms with Gasteiger partial charge in [-0.05, 0) is 35.9 Å². The molecule has 2 heterocycles. The monoisotopic (exact) mass is 329 g/mol. The fraction of sp³-hybridized carbons (Fsp3) is 0.333. The zero-order valence-electron chi connectivity index (χ0n) is 13.0. The van der Waals surface area contributed by atoms with Crippen molar-refractivity contribution < 1.29 is 14.7 Å². The van der Waals surface area contributed by atoms with Gasteiger partial charge in [-0.15, -0.1) is 11.3 Å². The number of carbonyl (C=O) groups is 2. The van der Waals surface area contributed by atoms with Gasteiger partial charge >= 0.3 is 5.97 Å². The molecule has 0 fully saturated rings. The van der Waals surface area contributed by atoms with Crippen LogP contribution in [0.25, 0.3) is 0 Å². The SMILES string of the molecule is Cc1ccc(C2c3ccsc3CCN2C(=O)CCC(=O)O)cc1. The zero-order valence-corrected chi connectivity index (χ0v) is 13.8. The highest BCUT2D eigenvalue weighted by atomic mass is 32.1. The largest absolute Gasteiger partial charge is 0.481 e.